The fourth-order valence-electron chi connectivity index (χ4n) is 3.16. The lowest BCUT2D eigenvalue weighted by Crippen LogP contribution is -2.16. The Bertz CT molecular complexity index is 1260. The van der Waals surface area contributed by atoms with Gasteiger partial charge >= 0.3 is 5.63 Å². The molecule has 6 nitrogen and oxygen atoms in total. The Morgan fingerprint density at radius 1 is 1.11 bits per heavy atom. The predicted molar refractivity (Wildman–Crippen MR) is 103 cm³/mol. The number of H-pyrrole nitrogens is 1. The van der Waals surface area contributed by atoms with Crippen LogP contribution in [0.2, 0.25) is 0 Å². The smallest absolute Gasteiger partial charge is 0.337 e. The molecule has 0 aliphatic heterocycles. The number of aromatic amines is 1. The van der Waals surface area contributed by atoms with Crippen molar-refractivity contribution in [3.05, 3.63) is 80.4 Å². The molecule has 0 amide bonds. The van der Waals surface area contributed by atoms with Crippen LogP contribution in [0.5, 0.6) is 6.01 Å². The molecule has 0 unspecified atom stereocenters. The SMILES string of the molecule is CCc1cc(=O)oc2nc(O[C@@H](C)c3ccc4ccccc4c3)[nH]c(=O)c12. The topological polar surface area (TPSA) is 85.2 Å². The first-order valence-corrected chi connectivity index (χ1v) is 8.77. The van der Waals surface area contributed by atoms with Crippen LogP contribution in [0.15, 0.2) is 62.5 Å². The van der Waals surface area contributed by atoms with E-state index in [-0.39, 0.29) is 28.8 Å². The van der Waals surface area contributed by atoms with Crippen molar-refractivity contribution < 1.29 is 9.15 Å². The lowest BCUT2D eigenvalue weighted by atomic mass is 10.0. The van der Waals surface area contributed by atoms with Crippen molar-refractivity contribution in [3.63, 3.8) is 0 Å². The number of rotatable bonds is 4. The minimum atomic E-state index is -0.536. The molecule has 1 N–H and O–H groups in total. The maximum absolute atomic E-state index is 12.4. The van der Waals surface area contributed by atoms with Gasteiger partial charge in [0, 0.05) is 6.07 Å². The average Bonchev–Trinajstić information content (AvgIpc) is 2.66. The second-order valence-corrected chi connectivity index (χ2v) is 6.36. The zero-order valence-corrected chi connectivity index (χ0v) is 15.0. The van der Waals surface area contributed by atoms with Gasteiger partial charge in [-0.1, -0.05) is 43.3 Å². The Balaban J connectivity index is 1.71. The molecule has 0 spiro atoms. The van der Waals surface area contributed by atoms with E-state index in [9.17, 15) is 9.59 Å². The van der Waals surface area contributed by atoms with Crippen LogP contribution < -0.4 is 15.9 Å². The van der Waals surface area contributed by atoms with Crippen LogP contribution in [0.3, 0.4) is 0 Å². The number of nitrogens with one attached hydrogen (secondary N) is 1. The molecule has 2 aromatic heterocycles. The van der Waals surface area contributed by atoms with Gasteiger partial charge in [-0.05, 0) is 41.3 Å². The summed E-state index contributed by atoms with van der Waals surface area (Å²) in [6.45, 7) is 3.73. The molecule has 0 saturated carbocycles. The number of hydrogen-bond donors (Lipinski definition) is 1. The van der Waals surface area contributed by atoms with Crippen molar-refractivity contribution in [3.8, 4) is 6.01 Å². The van der Waals surface area contributed by atoms with Crippen molar-refractivity contribution in [2.45, 2.75) is 26.4 Å². The highest BCUT2D eigenvalue weighted by molar-refractivity contribution is 5.83. The van der Waals surface area contributed by atoms with Crippen molar-refractivity contribution in [1.29, 1.82) is 0 Å². The molecule has 27 heavy (non-hydrogen) atoms. The number of aromatic nitrogens is 2. The van der Waals surface area contributed by atoms with Gasteiger partial charge in [0.2, 0.25) is 5.71 Å². The van der Waals surface area contributed by atoms with Gasteiger partial charge < -0.3 is 9.15 Å². The molecule has 0 radical (unpaired) electrons. The molecule has 6 heteroatoms. The van der Waals surface area contributed by atoms with Crippen LogP contribution >= 0.6 is 0 Å². The Labute approximate surface area is 154 Å². The third-order valence-electron chi connectivity index (χ3n) is 4.59. The molecule has 136 valence electrons. The van der Waals surface area contributed by atoms with E-state index in [1.54, 1.807) is 0 Å². The number of nitrogens with zero attached hydrogens (tertiary/aromatic N) is 1. The van der Waals surface area contributed by atoms with Crippen LogP contribution in [0, 0.1) is 0 Å². The van der Waals surface area contributed by atoms with E-state index >= 15 is 0 Å². The highest BCUT2D eigenvalue weighted by Gasteiger charge is 2.15. The summed E-state index contributed by atoms with van der Waals surface area (Å²) in [5.74, 6) is 0. The summed E-state index contributed by atoms with van der Waals surface area (Å²) in [7, 11) is 0. The summed E-state index contributed by atoms with van der Waals surface area (Å²) in [5.41, 5.74) is 0.612. The molecule has 0 aliphatic rings. The predicted octanol–water partition coefficient (Wildman–Crippen LogP) is 3.73. The monoisotopic (exact) mass is 362 g/mol. The van der Waals surface area contributed by atoms with Gasteiger partial charge in [-0.25, -0.2) is 4.79 Å². The Hall–Kier alpha value is -3.41. The second kappa shape index (κ2) is 6.72. The zero-order valence-electron chi connectivity index (χ0n) is 15.0. The molecule has 0 saturated heterocycles. The van der Waals surface area contributed by atoms with Crippen molar-refractivity contribution >= 4 is 21.9 Å². The van der Waals surface area contributed by atoms with Crippen LogP contribution in [-0.4, -0.2) is 9.97 Å². The van der Waals surface area contributed by atoms with Gasteiger partial charge in [0.05, 0.1) is 0 Å². The quantitative estimate of drug-likeness (QED) is 0.598. The molecule has 2 aromatic carbocycles. The van der Waals surface area contributed by atoms with Crippen molar-refractivity contribution in [1.82, 2.24) is 9.97 Å². The van der Waals surface area contributed by atoms with Crippen LogP contribution in [-0.2, 0) is 6.42 Å². The first kappa shape index (κ1) is 17.0. The largest absolute Gasteiger partial charge is 0.457 e. The molecule has 0 aliphatic carbocycles. The van der Waals surface area contributed by atoms with Crippen LogP contribution in [0.25, 0.3) is 21.9 Å². The van der Waals surface area contributed by atoms with E-state index in [2.05, 4.69) is 9.97 Å². The van der Waals surface area contributed by atoms with Crippen LogP contribution in [0.1, 0.15) is 31.1 Å². The normalized spacial score (nSPS) is 12.4. The third kappa shape index (κ3) is 3.21. The number of benzene rings is 2. The summed E-state index contributed by atoms with van der Waals surface area (Å²) >= 11 is 0. The van der Waals surface area contributed by atoms with Gasteiger partial charge in [-0.15, -0.1) is 0 Å². The van der Waals surface area contributed by atoms with E-state index in [4.69, 9.17) is 9.15 Å². The minimum absolute atomic E-state index is 0.0104. The highest BCUT2D eigenvalue weighted by atomic mass is 16.5. The highest BCUT2D eigenvalue weighted by Crippen LogP contribution is 2.23. The molecule has 2 heterocycles. The lowest BCUT2D eigenvalue weighted by molar-refractivity contribution is 0.207. The van der Waals surface area contributed by atoms with E-state index in [1.807, 2.05) is 56.3 Å². The van der Waals surface area contributed by atoms with E-state index in [1.165, 1.54) is 6.07 Å². The zero-order chi connectivity index (χ0) is 19.0. The Morgan fingerprint density at radius 3 is 2.67 bits per heavy atom. The average molecular weight is 362 g/mol. The molecule has 0 bridgehead atoms. The summed E-state index contributed by atoms with van der Waals surface area (Å²) in [6.07, 6.45) is 0.178. The van der Waals surface area contributed by atoms with Gasteiger partial charge in [0.15, 0.2) is 0 Å². The second-order valence-electron chi connectivity index (χ2n) is 6.36. The standard InChI is InChI=1S/C21H18N2O4/c1-3-13-11-17(24)27-20-18(13)19(25)22-21(23-20)26-12(2)15-9-8-14-6-4-5-7-16(14)10-15/h4-12H,3H2,1-2H3,(H,22,23,25)/t12-/m0/s1. The van der Waals surface area contributed by atoms with Crippen molar-refractivity contribution in [2.24, 2.45) is 0 Å². The lowest BCUT2D eigenvalue weighted by Gasteiger charge is -2.15. The molecular formula is C21H18N2O4. The molecule has 4 rings (SSSR count). The number of aryl methyl sites for hydroxylation is 1. The first-order chi connectivity index (χ1) is 13.0. The minimum Gasteiger partial charge on any atom is -0.457 e. The summed E-state index contributed by atoms with van der Waals surface area (Å²) in [4.78, 5) is 31.0. The maximum Gasteiger partial charge on any atom is 0.337 e. The summed E-state index contributed by atoms with van der Waals surface area (Å²) < 4.78 is 10.9. The number of hydrogen-bond acceptors (Lipinski definition) is 5. The fraction of sp³-hybridized carbons (Fsp3) is 0.190. The molecule has 4 aromatic rings. The summed E-state index contributed by atoms with van der Waals surface area (Å²) in [5, 5.41) is 2.52. The summed E-state index contributed by atoms with van der Waals surface area (Å²) in [6, 6.07) is 15.4. The van der Waals surface area contributed by atoms with E-state index in [0.29, 0.717) is 12.0 Å². The number of ether oxygens (including phenoxy) is 1. The molecule has 0 fully saturated rings. The first-order valence-electron chi connectivity index (χ1n) is 8.77. The van der Waals surface area contributed by atoms with Gasteiger partial charge in [0.1, 0.15) is 11.5 Å². The Kier molecular flexibility index (Phi) is 4.24. The molecule has 1 atom stereocenters. The van der Waals surface area contributed by atoms with E-state index in [0.717, 1.165) is 16.3 Å². The van der Waals surface area contributed by atoms with Crippen molar-refractivity contribution in [2.75, 3.05) is 0 Å². The van der Waals surface area contributed by atoms with E-state index < -0.39 is 5.63 Å². The third-order valence-corrected chi connectivity index (χ3v) is 4.59. The van der Waals surface area contributed by atoms with Crippen LogP contribution in [0.4, 0.5) is 0 Å². The van der Waals surface area contributed by atoms with Gasteiger partial charge in [-0.3, -0.25) is 9.78 Å². The Morgan fingerprint density at radius 2 is 1.89 bits per heavy atom. The fourth-order valence-corrected chi connectivity index (χ4v) is 3.16. The molecular weight excluding hydrogens is 344 g/mol. The van der Waals surface area contributed by atoms with Gasteiger partial charge in [-0.2, -0.15) is 4.98 Å². The van der Waals surface area contributed by atoms with Gasteiger partial charge in [0.25, 0.3) is 11.6 Å². The number of fused-ring (bicyclic) bond motifs is 2. The maximum atomic E-state index is 12.4.